The first-order chi connectivity index (χ1) is 8.19. The van der Waals surface area contributed by atoms with E-state index in [1.165, 1.54) is 0 Å². The van der Waals surface area contributed by atoms with Crippen LogP contribution >= 0.6 is 12.6 Å². The lowest BCUT2D eigenvalue weighted by molar-refractivity contribution is -0.129. The van der Waals surface area contributed by atoms with E-state index in [-0.39, 0.29) is 11.2 Å². The number of carbonyl (C=O) groups excluding carboxylic acids is 1. The maximum absolute atomic E-state index is 12.0. The van der Waals surface area contributed by atoms with Crippen molar-refractivity contribution in [3.05, 3.63) is 35.9 Å². The predicted octanol–water partition coefficient (Wildman–Crippen LogP) is 2.01. The largest absolute Gasteiger partial charge is 0.331 e. The van der Waals surface area contributed by atoms with Crippen LogP contribution < -0.4 is 0 Å². The molecule has 0 aromatic heterocycles. The highest BCUT2D eigenvalue weighted by Crippen LogP contribution is 2.10. The minimum Gasteiger partial charge on any atom is -0.331 e. The Morgan fingerprint density at radius 2 is 2.12 bits per heavy atom. The van der Waals surface area contributed by atoms with Crippen molar-refractivity contribution in [3.8, 4) is 12.3 Å². The Kier molecular flexibility index (Phi) is 5.65. The van der Waals surface area contributed by atoms with E-state index in [0.29, 0.717) is 19.5 Å². The molecule has 0 bridgehead atoms. The number of thiol groups is 1. The number of terminal acetylenes is 1. The van der Waals surface area contributed by atoms with Crippen molar-refractivity contribution in [2.24, 2.45) is 0 Å². The lowest BCUT2D eigenvalue weighted by atomic mass is 10.1. The van der Waals surface area contributed by atoms with Gasteiger partial charge in [0.1, 0.15) is 0 Å². The lowest BCUT2D eigenvalue weighted by Crippen LogP contribution is -2.37. The minimum absolute atomic E-state index is 0.00219. The van der Waals surface area contributed by atoms with Crippen LogP contribution in [-0.2, 0) is 11.2 Å². The third-order valence-electron chi connectivity index (χ3n) is 2.53. The van der Waals surface area contributed by atoms with Gasteiger partial charge in [0.15, 0.2) is 0 Å². The monoisotopic (exact) mass is 247 g/mol. The summed E-state index contributed by atoms with van der Waals surface area (Å²) < 4.78 is 0. The van der Waals surface area contributed by atoms with Gasteiger partial charge in [-0.3, -0.25) is 4.79 Å². The summed E-state index contributed by atoms with van der Waals surface area (Å²) in [5.74, 6) is 2.49. The second-order valence-electron chi connectivity index (χ2n) is 3.76. The van der Waals surface area contributed by atoms with Crippen LogP contribution in [0, 0.1) is 12.3 Å². The molecule has 0 saturated carbocycles. The zero-order valence-electron chi connectivity index (χ0n) is 9.97. The van der Waals surface area contributed by atoms with E-state index >= 15 is 0 Å². The molecule has 0 heterocycles. The molecule has 3 heteroatoms. The van der Waals surface area contributed by atoms with Gasteiger partial charge < -0.3 is 4.90 Å². The SMILES string of the molecule is C#CCN(CC)C(=O)C(S)Cc1ccccc1. The quantitative estimate of drug-likeness (QED) is 0.623. The van der Waals surface area contributed by atoms with Crippen LogP contribution in [0.1, 0.15) is 12.5 Å². The molecule has 1 amide bonds. The summed E-state index contributed by atoms with van der Waals surface area (Å²) in [5.41, 5.74) is 1.11. The first-order valence-electron chi connectivity index (χ1n) is 5.63. The van der Waals surface area contributed by atoms with Gasteiger partial charge in [-0.15, -0.1) is 6.42 Å². The fourth-order valence-electron chi connectivity index (χ4n) is 1.59. The second-order valence-corrected chi connectivity index (χ2v) is 4.39. The highest BCUT2D eigenvalue weighted by Gasteiger charge is 2.19. The van der Waals surface area contributed by atoms with Crippen LogP contribution in [0.25, 0.3) is 0 Å². The first kappa shape index (κ1) is 13.7. The van der Waals surface area contributed by atoms with Crippen LogP contribution in [0.2, 0.25) is 0 Å². The van der Waals surface area contributed by atoms with Gasteiger partial charge in [-0.25, -0.2) is 0 Å². The smallest absolute Gasteiger partial charge is 0.236 e. The van der Waals surface area contributed by atoms with Crippen LogP contribution in [-0.4, -0.2) is 29.1 Å². The molecule has 2 nitrogen and oxygen atoms in total. The molecule has 0 radical (unpaired) electrons. The third kappa shape index (κ3) is 4.16. The summed E-state index contributed by atoms with van der Waals surface area (Å²) in [7, 11) is 0. The number of nitrogens with zero attached hydrogens (tertiary/aromatic N) is 1. The van der Waals surface area contributed by atoms with E-state index < -0.39 is 0 Å². The van der Waals surface area contributed by atoms with Crippen molar-refractivity contribution in [2.75, 3.05) is 13.1 Å². The fraction of sp³-hybridized carbons (Fsp3) is 0.357. The molecule has 1 aromatic rings. The van der Waals surface area contributed by atoms with Gasteiger partial charge in [0.25, 0.3) is 0 Å². The summed E-state index contributed by atoms with van der Waals surface area (Å²) in [6.45, 7) is 2.88. The van der Waals surface area contributed by atoms with E-state index in [4.69, 9.17) is 6.42 Å². The Bertz CT molecular complexity index is 396. The molecule has 0 N–H and O–H groups in total. The zero-order chi connectivity index (χ0) is 12.7. The van der Waals surface area contributed by atoms with Crippen LogP contribution in [0.5, 0.6) is 0 Å². The fourth-order valence-corrected chi connectivity index (χ4v) is 1.97. The molecule has 0 aliphatic rings. The molecule has 1 unspecified atom stereocenters. The number of amides is 1. The van der Waals surface area contributed by atoms with Gasteiger partial charge in [-0.1, -0.05) is 36.3 Å². The lowest BCUT2D eigenvalue weighted by Gasteiger charge is -2.21. The van der Waals surface area contributed by atoms with Gasteiger partial charge in [0, 0.05) is 6.54 Å². The average molecular weight is 247 g/mol. The number of carbonyl (C=O) groups is 1. The molecule has 90 valence electrons. The highest BCUT2D eigenvalue weighted by atomic mass is 32.1. The van der Waals surface area contributed by atoms with E-state index in [1.807, 2.05) is 37.3 Å². The topological polar surface area (TPSA) is 20.3 Å². The molecule has 1 rings (SSSR count). The van der Waals surface area contributed by atoms with E-state index in [0.717, 1.165) is 5.56 Å². The number of hydrogen-bond donors (Lipinski definition) is 1. The Labute approximate surface area is 108 Å². The van der Waals surface area contributed by atoms with Gasteiger partial charge in [0.05, 0.1) is 11.8 Å². The Morgan fingerprint density at radius 3 is 2.65 bits per heavy atom. The van der Waals surface area contributed by atoms with E-state index in [9.17, 15) is 4.79 Å². The van der Waals surface area contributed by atoms with Crippen molar-refractivity contribution >= 4 is 18.5 Å². The summed E-state index contributed by atoms with van der Waals surface area (Å²) in [6.07, 6.45) is 5.86. The molecule has 0 aliphatic heterocycles. The van der Waals surface area contributed by atoms with Crippen molar-refractivity contribution in [2.45, 2.75) is 18.6 Å². The second kappa shape index (κ2) is 7.03. The number of rotatable bonds is 5. The van der Waals surface area contributed by atoms with Gasteiger partial charge in [-0.05, 0) is 18.9 Å². The molecule has 17 heavy (non-hydrogen) atoms. The van der Waals surface area contributed by atoms with Crippen LogP contribution in [0.4, 0.5) is 0 Å². The summed E-state index contributed by atoms with van der Waals surface area (Å²) in [4.78, 5) is 13.7. The third-order valence-corrected chi connectivity index (χ3v) is 2.94. The number of benzene rings is 1. The van der Waals surface area contributed by atoms with Crippen molar-refractivity contribution in [3.63, 3.8) is 0 Å². The first-order valence-corrected chi connectivity index (χ1v) is 6.15. The molecular formula is C14H17NOS. The molecule has 1 aromatic carbocycles. The predicted molar refractivity (Wildman–Crippen MR) is 74.0 cm³/mol. The Morgan fingerprint density at radius 1 is 1.47 bits per heavy atom. The maximum Gasteiger partial charge on any atom is 0.236 e. The maximum atomic E-state index is 12.0. The Hall–Kier alpha value is -1.40. The van der Waals surface area contributed by atoms with Crippen molar-refractivity contribution in [1.29, 1.82) is 0 Å². The molecule has 0 aliphatic carbocycles. The van der Waals surface area contributed by atoms with Crippen molar-refractivity contribution in [1.82, 2.24) is 4.90 Å². The van der Waals surface area contributed by atoms with Gasteiger partial charge in [0.2, 0.25) is 5.91 Å². The number of hydrogen-bond acceptors (Lipinski definition) is 2. The normalized spacial score (nSPS) is 11.6. The van der Waals surface area contributed by atoms with Gasteiger partial charge in [-0.2, -0.15) is 12.6 Å². The molecular weight excluding hydrogens is 230 g/mol. The Balaban J connectivity index is 2.61. The summed E-state index contributed by atoms with van der Waals surface area (Å²) >= 11 is 4.36. The van der Waals surface area contributed by atoms with Crippen LogP contribution in [0.3, 0.4) is 0 Å². The molecule has 0 spiro atoms. The average Bonchev–Trinajstić information content (AvgIpc) is 2.36. The van der Waals surface area contributed by atoms with E-state index in [2.05, 4.69) is 18.5 Å². The van der Waals surface area contributed by atoms with Crippen LogP contribution in [0.15, 0.2) is 30.3 Å². The van der Waals surface area contributed by atoms with Gasteiger partial charge >= 0.3 is 0 Å². The summed E-state index contributed by atoms with van der Waals surface area (Å²) in [6, 6.07) is 9.86. The van der Waals surface area contributed by atoms with E-state index in [1.54, 1.807) is 4.90 Å². The molecule has 0 fully saturated rings. The minimum atomic E-state index is -0.328. The van der Waals surface area contributed by atoms with Crippen molar-refractivity contribution < 1.29 is 4.79 Å². The standard InChI is InChI=1S/C14H17NOS/c1-3-10-15(4-2)14(16)13(17)11-12-8-6-5-7-9-12/h1,5-9,13,17H,4,10-11H2,2H3. The molecule has 0 saturated heterocycles. The molecule has 1 atom stereocenters. The highest BCUT2D eigenvalue weighted by molar-refractivity contribution is 7.81. The summed E-state index contributed by atoms with van der Waals surface area (Å²) in [5, 5.41) is -0.328. The zero-order valence-corrected chi connectivity index (χ0v) is 10.9.